The van der Waals surface area contributed by atoms with Gasteiger partial charge in [0.25, 0.3) is 0 Å². The van der Waals surface area contributed by atoms with Crippen LogP contribution in [0, 0.1) is 19.8 Å². The van der Waals surface area contributed by atoms with Crippen molar-refractivity contribution in [1.29, 1.82) is 0 Å². The molecule has 0 aromatic carbocycles. The van der Waals surface area contributed by atoms with Gasteiger partial charge in [-0.15, -0.1) is 0 Å². The van der Waals surface area contributed by atoms with E-state index in [1.54, 1.807) is 0 Å². The van der Waals surface area contributed by atoms with Crippen molar-refractivity contribution in [2.24, 2.45) is 11.7 Å². The Morgan fingerprint density at radius 3 is 2.47 bits per heavy atom. The van der Waals surface area contributed by atoms with Crippen molar-refractivity contribution in [3.8, 4) is 0 Å². The molecule has 0 bridgehead atoms. The maximum atomic E-state index is 5.86. The van der Waals surface area contributed by atoms with E-state index in [9.17, 15) is 0 Å². The molecule has 0 saturated heterocycles. The zero-order valence-electron chi connectivity index (χ0n) is 11.7. The van der Waals surface area contributed by atoms with Crippen LogP contribution < -0.4 is 10.6 Å². The van der Waals surface area contributed by atoms with E-state index in [0.717, 1.165) is 24.5 Å². The molecule has 1 aromatic heterocycles. The number of nitrogens with zero attached hydrogens (tertiary/aromatic N) is 2. The Balaban J connectivity index is 3.16. The van der Waals surface area contributed by atoms with Crippen molar-refractivity contribution in [2.45, 2.75) is 41.2 Å². The normalized spacial score (nSPS) is 11.0. The van der Waals surface area contributed by atoms with Crippen molar-refractivity contribution >= 4 is 5.69 Å². The van der Waals surface area contributed by atoms with Crippen LogP contribution in [0.3, 0.4) is 0 Å². The fraction of sp³-hybridized carbons (Fsp3) is 0.643. The van der Waals surface area contributed by atoms with Crippen LogP contribution in [-0.4, -0.2) is 18.1 Å². The first kappa shape index (κ1) is 14.0. The van der Waals surface area contributed by atoms with Crippen LogP contribution in [-0.2, 0) is 6.54 Å². The van der Waals surface area contributed by atoms with Crippen LogP contribution in [0.4, 0.5) is 5.69 Å². The molecule has 0 aliphatic rings. The van der Waals surface area contributed by atoms with Gasteiger partial charge in [-0.2, -0.15) is 0 Å². The monoisotopic (exact) mass is 235 g/mol. The van der Waals surface area contributed by atoms with Crippen molar-refractivity contribution in [2.75, 3.05) is 18.0 Å². The van der Waals surface area contributed by atoms with Crippen LogP contribution in [0.2, 0.25) is 0 Å². The highest BCUT2D eigenvalue weighted by Crippen LogP contribution is 2.24. The molecule has 1 heterocycles. The van der Waals surface area contributed by atoms with Gasteiger partial charge >= 0.3 is 0 Å². The summed E-state index contributed by atoms with van der Waals surface area (Å²) in [7, 11) is 0. The van der Waals surface area contributed by atoms with Gasteiger partial charge in [-0.3, -0.25) is 4.98 Å². The third kappa shape index (κ3) is 3.43. The van der Waals surface area contributed by atoms with E-state index in [4.69, 9.17) is 5.73 Å². The first-order valence-corrected chi connectivity index (χ1v) is 6.41. The summed E-state index contributed by atoms with van der Waals surface area (Å²) in [6, 6.07) is 2.15. The molecule has 1 aromatic rings. The SMILES string of the molecule is CCN(CC(C)C)c1cc(C)nc(C)c1CN. The number of rotatable bonds is 5. The fourth-order valence-electron chi connectivity index (χ4n) is 2.21. The van der Waals surface area contributed by atoms with Crippen LogP contribution in [0.25, 0.3) is 0 Å². The molecule has 0 aliphatic heterocycles. The summed E-state index contributed by atoms with van der Waals surface area (Å²) in [6.07, 6.45) is 0. The smallest absolute Gasteiger partial charge is 0.0448 e. The predicted octanol–water partition coefficient (Wildman–Crippen LogP) is 2.64. The first-order chi connectivity index (χ1) is 7.99. The highest BCUT2D eigenvalue weighted by molar-refractivity contribution is 5.56. The minimum atomic E-state index is 0.559. The number of nitrogens with two attached hydrogens (primary N) is 1. The van der Waals surface area contributed by atoms with Gasteiger partial charge < -0.3 is 10.6 Å². The molecular weight excluding hydrogens is 210 g/mol. The van der Waals surface area contributed by atoms with Crippen molar-refractivity contribution < 1.29 is 0 Å². The quantitative estimate of drug-likeness (QED) is 0.853. The van der Waals surface area contributed by atoms with Gasteiger partial charge in [0, 0.05) is 42.3 Å². The van der Waals surface area contributed by atoms with Gasteiger partial charge in [0.2, 0.25) is 0 Å². The van der Waals surface area contributed by atoms with Crippen LogP contribution >= 0.6 is 0 Å². The molecule has 17 heavy (non-hydrogen) atoms. The molecule has 0 amide bonds. The molecule has 0 radical (unpaired) electrons. The van der Waals surface area contributed by atoms with Gasteiger partial charge in [0.05, 0.1) is 0 Å². The van der Waals surface area contributed by atoms with E-state index < -0.39 is 0 Å². The average molecular weight is 235 g/mol. The minimum absolute atomic E-state index is 0.559. The summed E-state index contributed by atoms with van der Waals surface area (Å²) >= 11 is 0. The van der Waals surface area contributed by atoms with Gasteiger partial charge in [0.15, 0.2) is 0 Å². The standard InChI is InChI=1S/C14H25N3/c1-6-17(9-10(2)3)14-7-11(4)16-12(5)13(14)8-15/h7,10H,6,8-9,15H2,1-5H3. The molecule has 0 atom stereocenters. The lowest BCUT2D eigenvalue weighted by molar-refractivity contribution is 0.616. The lowest BCUT2D eigenvalue weighted by atomic mass is 10.1. The predicted molar refractivity (Wildman–Crippen MR) is 74.3 cm³/mol. The zero-order valence-corrected chi connectivity index (χ0v) is 11.7. The Kier molecular flexibility index (Phi) is 4.94. The molecule has 2 N–H and O–H groups in total. The van der Waals surface area contributed by atoms with E-state index >= 15 is 0 Å². The number of pyridine rings is 1. The van der Waals surface area contributed by atoms with Crippen molar-refractivity contribution in [1.82, 2.24) is 4.98 Å². The lowest BCUT2D eigenvalue weighted by Crippen LogP contribution is -2.29. The van der Waals surface area contributed by atoms with Crippen molar-refractivity contribution in [3.05, 3.63) is 23.0 Å². The third-order valence-corrected chi connectivity index (χ3v) is 2.95. The first-order valence-electron chi connectivity index (χ1n) is 6.41. The molecular formula is C14H25N3. The number of hydrogen-bond acceptors (Lipinski definition) is 3. The van der Waals surface area contributed by atoms with E-state index in [-0.39, 0.29) is 0 Å². The largest absolute Gasteiger partial charge is 0.371 e. The Hall–Kier alpha value is -1.09. The Morgan fingerprint density at radius 1 is 1.35 bits per heavy atom. The maximum absolute atomic E-state index is 5.86. The van der Waals surface area contributed by atoms with Crippen molar-refractivity contribution in [3.63, 3.8) is 0 Å². The van der Waals surface area contributed by atoms with Gasteiger partial charge in [-0.05, 0) is 32.8 Å². The fourth-order valence-corrected chi connectivity index (χ4v) is 2.21. The number of aromatic nitrogens is 1. The van der Waals surface area contributed by atoms with Crippen LogP contribution in [0.1, 0.15) is 37.7 Å². The summed E-state index contributed by atoms with van der Waals surface area (Å²) < 4.78 is 0. The summed E-state index contributed by atoms with van der Waals surface area (Å²) in [5, 5.41) is 0. The Morgan fingerprint density at radius 2 is 2.00 bits per heavy atom. The van der Waals surface area contributed by atoms with E-state index in [1.165, 1.54) is 11.3 Å². The summed E-state index contributed by atoms with van der Waals surface area (Å²) in [6.45, 7) is 13.4. The minimum Gasteiger partial charge on any atom is -0.371 e. The molecule has 0 unspecified atom stereocenters. The average Bonchev–Trinajstić information content (AvgIpc) is 2.24. The second-order valence-corrected chi connectivity index (χ2v) is 4.98. The van der Waals surface area contributed by atoms with Gasteiger partial charge in [0.1, 0.15) is 0 Å². The topological polar surface area (TPSA) is 42.2 Å². The van der Waals surface area contributed by atoms with Gasteiger partial charge in [-0.1, -0.05) is 13.8 Å². The summed E-state index contributed by atoms with van der Waals surface area (Å²) in [5.74, 6) is 0.648. The highest BCUT2D eigenvalue weighted by Gasteiger charge is 2.13. The van der Waals surface area contributed by atoms with E-state index in [1.807, 2.05) is 13.8 Å². The Labute approximate surface area is 105 Å². The molecule has 3 heteroatoms. The second-order valence-electron chi connectivity index (χ2n) is 4.98. The number of anilines is 1. The molecule has 0 spiro atoms. The summed E-state index contributed by atoms with van der Waals surface area (Å²) in [5.41, 5.74) is 10.4. The zero-order chi connectivity index (χ0) is 13.0. The third-order valence-electron chi connectivity index (χ3n) is 2.95. The van der Waals surface area contributed by atoms with Crippen LogP contribution in [0.5, 0.6) is 0 Å². The van der Waals surface area contributed by atoms with Crippen LogP contribution in [0.15, 0.2) is 6.07 Å². The lowest BCUT2D eigenvalue weighted by Gasteiger charge is -2.28. The molecule has 96 valence electrons. The number of aryl methyl sites for hydroxylation is 2. The molecule has 0 saturated carbocycles. The highest BCUT2D eigenvalue weighted by atomic mass is 15.1. The molecule has 0 fully saturated rings. The van der Waals surface area contributed by atoms with E-state index in [0.29, 0.717) is 12.5 Å². The van der Waals surface area contributed by atoms with E-state index in [2.05, 4.69) is 36.7 Å². The Bertz CT molecular complexity index is 372. The molecule has 1 rings (SSSR count). The summed E-state index contributed by atoms with van der Waals surface area (Å²) in [4.78, 5) is 6.89. The second kappa shape index (κ2) is 6.01. The molecule has 0 aliphatic carbocycles. The van der Waals surface area contributed by atoms with Gasteiger partial charge in [-0.25, -0.2) is 0 Å². The maximum Gasteiger partial charge on any atom is 0.0448 e. The molecule has 3 nitrogen and oxygen atoms in total. The number of hydrogen-bond donors (Lipinski definition) is 1.